The van der Waals surface area contributed by atoms with Crippen molar-refractivity contribution in [1.82, 2.24) is 10.2 Å². The summed E-state index contributed by atoms with van der Waals surface area (Å²) in [5.41, 5.74) is 1.26. The Morgan fingerprint density at radius 2 is 1.89 bits per heavy atom. The molecule has 1 N–H and O–H groups in total. The fraction of sp³-hybridized carbons (Fsp3) is 0.467. The minimum Gasteiger partial charge on any atom is -0.490 e. The van der Waals surface area contributed by atoms with E-state index in [0.717, 1.165) is 38.5 Å². The summed E-state index contributed by atoms with van der Waals surface area (Å²) in [6, 6.07) is 8.17. The normalized spacial score (nSPS) is 17.2. The van der Waals surface area contributed by atoms with Crippen LogP contribution in [0.4, 0.5) is 0 Å². The Labute approximate surface area is 109 Å². The molecule has 1 aliphatic rings. The van der Waals surface area contributed by atoms with Gasteiger partial charge in [-0.05, 0) is 19.1 Å². The lowest BCUT2D eigenvalue weighted by molar-refractivity contribution is 0.264. The van der Waals surface area contributed by atoms with Crippen molar-refractivity contribution in [3.05, 3.63) is 42.0 Å². The van der Waals surface area contributed by atoms with Crippen molar-refractivity contribution in [3.63, 3.8) is 0 Å². The first-order chi connectivity index (χ1) is 8.84. The van der Waals surface area contributed by atoms with E-state index in [2.05, 4.69) is 41.4 Å². The fourth-order valence-electron chi connectivity index (χ4n) is 1.96. The van der Waals surface area contributed by atoms with Gasteiger partial charge < -0.3 is 10.1 Å². The van der Waals surface area contributed by atoms with E-state index in [1.54, 1.807) is 0 Å². The fourth-order valence-corrected chi connectivity index (χ4v) is 1.96. The van der Waals surface area contributed by atoms with Crippen LogP contribution in [-0.4, -0.2) is 44.2 Å². The lowest BCUT2D eigenvalue weighted by Gasteiger charge is -2.25. The molecule has 0 aliphatic carbocycles. The molecule has 0 radical (unpaired) electrons. The van der Waals surface area contributed by atoms with Crippen molar-refractivity contribution < 1.29 is 4.74 Å². The van der Waals surface area contributed by atoms with E-state index in [9.17, 15) is 0 Å². The molecule has 3 heteroatoms. The van der Waals surface area contributed by atoms with E-state index in [0.29, 0.717) is 6.61 Å². The second-order valence-corrected chi connectivity index (χ2v) is 4.65. The van der Waals surface area contributed by atoms with Crippen LogP contribution >= 0.6 is 0 Å². The van der Waals surface area contributed by atoms with E-state index >= 15 is 0 Å². The smallest absolute Gasteiger partial charge is 0.119 e. The SMILES string of the molecule is Cc1ccc(OC/C=C/CN2CCNCC2)cc1. The molecular formula is C15H22N2O. The quantitative estimate of drug-likeness (QED) is 0.802. The molecule has 0 aromatic heterocycles. The lowest BCUT2D eigenvalue weighted by atomic mass is 10.2. The molecule has 1 saturated heterocycles. The van der Waals surface area contributed by atoms with Gasteiger partial charge in [0.05, 0.1) is 0 Å². The van der Waals surface area contributed by atoms with Crippen LogP contribution in [0.5, 0.6) is 5.75 Å². The highest BCUT2D eigenvalue weighted by molar-refractivity contribution is 5.26. The molecule has 0 saturated carbocycles. The predicted octanol–water partition coefficient (Wildman–Crippen LogP) is 1.84. The van der Waals surface area contributed by atoms with Crippen LogP contribution in [0.25, 0.3) is 0 Å². The van der Waals surface area contributed by atoms with Gasteiger partial charge in [-0.2, -0.15) is 0 Å². The predicted molar refractivity (Wildman–Crippen MR) is 75.1 cm³/mol. The minimum atomic E-state index is 0.648. The number of hydrogen-bond acceptors (Lipinski definition) is 3. The highest BCUT2D eigenvalue weighted by atomic mass is 16.5. The molecule has 0 atom stereocenters. The van der Waals surface area contributed by atoms with Crippen LogP contribution in [-0.2, 0) is 0 Å². The molecule has 2 rings (SSSR count). The van der Waals surface area contributed by atoms with Gasteiger partial charge in [0.2, 0.25) is 0 Å². The number of benzene rings is 1. The van der Waals surface area contributed by atoms with Crippen molar-refractivity contribution in [1.29, 1.82) is 0 Å². The summed E-state index contributed by atoms with van der Waals surface area (Å²) in [5.74, 6) is 0.937. The van der Waals surface area contributed by atoms with Crippen molar-refractivity contribution >= 4 is 0 Å². The van der Waals surface area contributed by atoms with Crippen LogP contribution < -0.4 is 10.1 Å². The lowest BCUT2D eigenvalue weighted by Crippen LogP contribution is -2.43. The zero-order valence-corrected chi connectivity index (χ0v) is 11.1. The van der Waals surface area contributed by atoms with Crippen molar-refractivity contribution in [3.8, 4) is 5.75 Å². The molecule has 1 fully saturated rings. The average Bonchev–Trinajstić information content (AvgIpc) is 2.42. The molecule has 0 unspecified atom stereocenters. The van der Waals surface area contributed by atoms with E-state index in [1.165, 1.54) is 5.56 Å². The Morgan fingerprint density at radius 1 is 1.17 bits per heavy atom. The van der Waals surface area contributed by atoms with Crippen LogP contribution in [0.3, 0.4) is 0 Å². The van der Waals surface area contributed by atoms with E-state index in [1.807, 2.05) is 12.1 Å². The van der Waals surface area contributed by atoms with Crippen LogP contribution in [0, 0.1) is 6.92 Å². The van der Waals surface area contributed by atoms with Gasteiger partial charge in [0.25, 0.3) is 0 Å². The van der Waals surface area contributed by atoms with E-state index in [-0.39, 0.29) is 0 Å². The number of rotatable bonds is 5. The third-order valence-electron chi connectivity index (χ3n) is 3.11. The molecule has 1 aliphatic heterocycles. The summed E-state index contributed by atoms with van der Waals surface area (Å²) in [5, 5.41) is 3.35. The van der Waals surface area contributed by atoms with Gasteiger partial charge in [-0.25, -0.2) is 0 Å². The summed E-state index contributed by atoms with van der Waals surface area (Å²) in [4.78, 5) is 2.44. The zero-order valence-electron chi connectivity index (χ0n) is 11.1. The van der Waals surface area contributed by atoms with E-state index in [4.69, 9.17) is 4.74 Å². The first-order valence-corrected chi connectivity index (χ1v) is 6.62. The number of piperazine rings is 1. The molecule has 0 bridgehead atoms. The Hall–Kier alpha value is -1.32. The topological polar surface area (TPSA) is 24.5 Å². The Balaban J connectivity index is 1.63. The average molecular weight is 246 g/mol. The molecule has 3 nitrogen and oxygen atoms in total. The van der Waals surface area contributed by atoms with Gasteiger partial charge in [0.1, 0.15) is 12.4 Å². The maximum atomic E-state index is 5.63. The summed E-state index contributed by atoms with van der Waals surface area (Å²) in [6.45, 7) is 8.25. The summed E-state index contributed by atoms with van der Waals surface area (Å²) < 4.78 is 5.63. The molecule has 1 aromatic carbocycles. The molecule has 0 amide bonds. The number of nitrogens with zero attached hydrogens (tertiary/aromatic N) is 1. The monoisotopic (exact) mass is 246 g/mol. The van der Waals surface area contributed by atoms with Gasteiger partial charge in [0, 0.05) is 32.7 Å². The second kappa shape index (κ2) is 7.19. The van der Waals surface area contributed by atoms with Crippen molar-refractivity contribution in [2.45, 2.75) is 6.92 Å². The summed E-state index contributed by atoms with van der Waals surface area (Å²) in [7, 11) is 0. The number of hydrogen-bond donors (Lipinski definition) is 1. The van der Waals surface area contributed by atoms with Crippen molar-refractivity contribution in [2.75, 3.05) is 39.3 Å². The summed E-state index contributed by atoms with van der Waals surface area (Å²) >= 11 is 0. The van der Waals surface area contributed by atoms with Gasteiger partial charge in [-0.3, -0.25) is 4.90 Å². The minimum absolute atomic E-state index is 0.648. The maximum absolute atomic E-state index is 5.63. The number of nitrogens with one attached hydrogen (secondary N) is 1. The molecule has 0 spiro atoms. The molecule has 1 aromatic rings. The molecule has 1 heterocycles. The van der Waals surface area contributed by atoms with Gasteiger partial charge in [-0.1, -0.05) is 29.8 Å². The Kier molecular flexibility index (Phi) is 5.24. The molecule has 18 heavy (non-hydrogen) atoms. The first kappa shape index (κ1) is 13.1. The summed E-state index contributed by atoms with van der Waals surface area (Å²) in [6.07, 6.45) is 4.29. The van der Waals surface area contributed by atoms with Gasteiger partial charge >= 0.3 is 0 Å². The highest BCUT2D eigenvalue weighted by Gasteiger charge is 2.06. The number of ether oxygens (including phenoxy) is 1. The Bertz CT molecular complexity index is 367. The highest BCUT2D eigenvalue weighted by Crippen LogP contribution is 2.10. The largest absolute Gasteiger partial charge is 0.490 e. The first-order valence-electron chi connectivity index (χ1n) is 6.62. The second-order valence-electron chi connectivity index (χ2n) is 4.65. The van der Waals surface area contributed by atoms with Gasteiger partial charge in [0.15, 0.2) is 0 Å². The maximum Gasteiger partial charge on any atom is 0.119 e. The van der Waals surface area contributed by atoms with Crippen LogP contribution in [0.1, 0.15) is 5.56 Å². The molecular weight excluding hydrogens is 224 g/mol. The van der Waals surface area contributed by atoms with E-state index < -0.39 is 0 Å². The third kappa shape index (κ3) is 4.51. The zero-order chi connectivity index (χ0) is 12.6. The van der Waals surface area contributed by atoms with Crippen molar-refractivity contribution in [2.24, 2.45) is 0 Å². The van der Waals surface area contributed by atoms with Gasteiger partial charge in [-0.15, -0.1) is 0 Å². The number of aryl methyl sites for hydroxylation is 1. The van der Waals surface area contributed by atoms with Crippen LogP contribution in [0.15, 0.2) is 36.4 Å². The molecule has 98 valence electrons. The Morgan fingerprint density at radius 3 is 2.61 bits per heavy atom. The van der Waals surface area contributed by atoms with Crippen LogP contribution in [0.2, 0.25) is 0 Å². The standard InChI is InChI=1S/C15H22N2O/c1-14-4-6-15(7-5-14)18-13-3-2-10-17-11-8-16-9-12-17/h2-7,16H,8-13H2,1H3/b3-2+. The third-order valence-corrected chi connectivity index (χ3v) is 3.11.